The van der Waals surface area contributed by atoms with E-state index >= 15 is 0 Å². The van der Waals surface area contributed by atoms with Gasteiger partial charge in [-0.25, -0.2) is 0 Å². The SMILES string of the molecule is B1=NCC[CH]1[Ti+2][C]1=CC=CC1.[Cl-].[Cl-]. The summed E-state index contributed by atoms with van der Waals surface area (Å²) >= 11 is 0.135. The first-order valence-electron chi connectivity index (χ1n) is 4.07. The molecule has 0 saturated carbocycles. The minimum absolute atomic E-state index is 0. The van der Waals surface area contributed by atoms with E-state index < -0.39 is 0 Å². The Bertz CT molecular complexity index is 240. The van der Waals surface area contributed by atoms with Crippen LogP contribution in [0.5, 0.6) is 0 Å². The van der Waals surface area contributed by atoms with Crippen LogP contribution in [-0.2, 0) is 19.2 Å². The Morgan fingerprint density at radius 3 is 2.85 bits per heavy atom. The molecule has 5 heteroatoms. The molecule has 1 heterocycles. The molecular formula is C8H10BCl2NTi. The first-order chi connectivity index (χ1) is 5.45. The quantitative estimate of drug-likeness (QED) is 0.442. The summed E-state index contributed by atoms with van der Waals surface area (Å²) in [5.74, 6) is 0. The molecule has 0 aromatic rings. The van der Waals surface area contributed by atoms with Crippen molar-refractivity contribution in [2.75, 3.05) is 6.54 Å². The second-order valence-corrected chi connectivity index (χ2v) is 5.53. The van der Waals surface area contributed by atoms with Gasteiger partial charge in [0.05, 0.1) is 0 Å². The number of rotatable bonds is 2. The number of nitrogens with zero attached hydrogens (tertiary/aromatic N) is 1. The zero-order valence-electron chi connectivity index (χ0n) is 7.21. The minimum atomic E-state index is 0. The van der Waals surface area contributed by atoms with E-state index in [0.29, 0.717) is 0 Å². The molecular weight excluding hydrogens is 240 g/mol. The van der Waals surface area contributed by atoms with Gasteiger partial charge in [-0.3, -0.25) is 0 Å². The van der Waals surface area contributed by atoms with E-state index in [0.717, 1.165) is 10.7 Å². The van der Waals surface area contributed by atoms with Crippen LogP contribution in [0.4, 0.5) is 0 Å². The van der Waals surface area contributed by atoms with E-state index in [2.05, 4.69) is 30.2 Å². The Morgan fingerprint density at radius 1 is 1.46 bits per heavy atom. The van der Waals surface area contributed by atoms with Gasteiger partial charge in [0.2, 0.25) is 0 Å². The normalized spacial score (nSPS) is 22.5. The van der Waals surface area contributed by atoms with Crippen molar-refractivity contribution in [3.05, 3.63) is 22.1 Å². The van der Waals surface area contributed by atoms with Crippen molar-refractivity contribution in [1.29, 1.82) is 0 Å². The molecule has 1 nitrogen and oxygen atoms in total. The van der Waals surface area contributed by atoms with Crippen molar-refractivity contribution in [2.24, 2.45) is 4.90 Å². The van der Waals surface area contributed by atoms with Crippen molar-refractivity contribution in [2.45, 2.75) is 17.0 Å². The predicted octanol–water partition coefficient (Wildman–Crippen LogP) is -4.04. The fraction of sp³-hybridized carbons (Fsp3) is 0.500. The van der Waals surface area contributed by atoms with Crippen LogP contribution in [0.15, 0.2) is 27.0 Å². The molecule has 1 unspecified atom stereocenters. The molecule has 0 fully saturated rings. The Labute approximate surface area is 101 Å². The van der Waals surface area contributed by atoms with E-state index in [4.69, 9.17) is 0 Å². The van der Waals surface area contributed by atoms with Crippen LogP contribution < -0.4 is 24.8 Å². The third kappa shape index (κ3) is 4.12. The second-order valence-electron chi connectivity index (χ2n) is 2.92. The topological polar surface area (TPSA) is 12.4 Å². The van der Waals surface area contributed by atoms with Gasteiger partial charge in [-0.15, -0.1) is 0 Å². The molecule has 0 radical (unpaired) electrons. The fourth-order valence-corrected chi connectivity index (χ4v) is 3.51. The Hall–Kier alpha value is 0.639. The third-order valence-electron chi connectivity index (χ3n) is 2.00. The maximum Gasteiger partial charge on any atom is -1.00 e. The van der Waals surface area contributed by atoms with E-state index in [9.17, 15) is 0 Å². The summed E-state index contributed by atoms with van der Waals surface area (Å²) in [4.78, 5) is 4.27. The van der Waals surface area contributed by atoms with Crippen LogP contribution in [0.3, 0.4) is 0 Å². The molecule has 2 rings (SSSR count). The monoisotopic (exact) mass is 249 g/mol. The summed E-state index contributed by atoms with van der Waals surface area (Å²) in [5, 5.41) is 0. The zero-order valence-corrected chi connectivity index (χ0v) is 10.3. The Morgan fingerprint density at radius 2 is 2.31 bits per heavy atom. The van der Waals surface area contributed by atoms with Crippen LogP contribution in [0, 0.1) is 0 Å². The van der Waals surface area contributed by atoms with E-state index in [1.807, 2.05) is 0 Å². The largest absolute Gasteiger partial charge is 1.00 e. The average molecular weight is 250 g/mol. The molecule has 1 aliphatic carbocycles. The smallest absolute Gasteiger partial charge is 1.00 e. The summed E-state index contributed by atoms with van der Waals surface area (Å²) in [6, 6.07) is 0. The molecule has 1 aliphatic heterocycles. The summed E-state index contributed by atoms with van der Waals surface area (Å²) in [7, 11) is 2.18. The number of hydrogen-bond donors (Lipinski definition) is 0. The van der Waals surface area contributed by atoms with Crippen LogP contribution in [-0.4, -0.2) is 13.6 Å². The van der Waals surface area contributed by atoms with E-state index in [1.165, 1.54) is 12.8 Å². The third-order valence-corrected chi connectivity index (χ3v) is 4.42. The summed E-state index contributed by atoms with van der Waals surface area (Å²) in [5.41, 5.74) is 0. The Balaban J connectivity index is 0.000000720. The molecule has 2 aliphatic rings. The Kier molecular flexibility index (Phi) is 7.34. The van der Waals surface area contributed by atoms with Gasteiger partial charge in [0.1, 0.15) is 0 Å². The number of hydrogen-bond acceptors (Lipinski definition) is 1. The standard InChI is InChI=1S/C5H5.C3H5BN.2ClH.Ti/c2*1-2-4-5-3-1;;;/h1-3H,4H2;2H,1,3H2;2*1H;/q;;;;+2/p-2. The zero-order chi connectivity index (χ0) is 7.52. The molecule has 0 saturated heterocycles. The molecule has 1 atom stereocenters. The van der Waals surface area contributed by atoms with E-state index in [-0.39, 0.29) is 44.0 Å². The van der Waals surface area contributed by atoms with Crippen LogP contribution in [0.2, 0.25) is 4.12 Å². The van der Waals surface area contributed by atoms with Crippen LogP contribution in [0.1, 0.15) is 12.8 Å². The first-order valence-corrected chi connectivity index (χ1v) is 5.75. The molecule has 13 heavy (non-hydrogen) atoms. The van der Waals surface area contributed by atoms with Crippen LogP contribution in [0.25, 0.3) is 0 Å². The van der Waals surface area contributed by atoms with Crippen molar-refractivity contribution in [3.8, 4) is 0 Å². The predicted molar refractivity (Wildman–Crippen MR) is 43.3 cm³/mol. The van der Waals surface area contributed by atoms with Gasteiger partial charge in [0.25, 0.3) is 0 Å². The van der Waals surface area contributed by atoms with Crippen molar-refractivity contribution in [3.63, 3.8) is 0 Å². The average Bonchev–Trinajstić information content (AvgIpc) is 2.60. The number of allylic oxidation sites excluding steroid dienone is 4. The summed E-state index contributed by atoms with van der Waals surface area (Å²) < 4.78 is 2.56. The minimum Gasteiger partial charge on any atom is -1.00 e. The maximum absolute atomic E-state index is 4.27. The van der Waals surface area contributed by atoms with Gasteiger partial charge >= 0.3 is 76.7 Å². The van der Waals surface area contributed by atoms with E-state index in [1.54, 1.807) is 3.88 Å². The van der Waals surface area contributed by atoms with Gasteiger partial charge in [-0.1, -0.05) is 0 Å². The molecule has 0 spiro atoms. The molecule has 0 amide bonds. The molecule has 0 aromatic heterocycles. The van der Waals surface area contributed by atoms with Gasteiger partial charge in [-0.2, -0.15) is 0 Å². The van der Waals surface area contributed by atoms with Gasteiger partial charge in [-0.05, 0) is 0 Å². The molecule has 0 aromatic carbocycles. The molecule has 0 bridgehead atoms. The molecule has 68 valence electrons. The summed E-state index contributed by atoms with van der Waals surface area (Å²) in [6.45, 7) is 1.08. The van der Waals surface area contributed by atoms with Crippen LogP contribution >= 0.6 is 0 Å². The van der Waals surface area contributed by atoms with Crippen molar-refractivity contribution in [1.82, 2.24) is 0 Å². The first kappa shape index (κ1) is 13.6. The fourth-order valence-electron chi connectivity index (χ4n) is 1.39. The second kappa shape index (κ2) is 7.00. The van der Waals surface area contributed by atoms with Gasteiger partial charge in [0, 0.05) is 0 Å². The van der Waals surface area contributed by atoms with Gasteiger partial charge < -0.3 is 24.8 Å². The summed E-state index contributed by atoms with van der Waals surface area (Å²) in [6.07, 6.45) is 9.28. The maximum atomic E-state index is 4.27. The van der Waals surface area contributed by atoms with Crippen molar-refractivity contribution < 1.29 is 44.0 Å². The van der Waals surface area contributed by atoms with Gasteiger partial charge in [0.15, 0.2) is 0 Å². The number of halogens is 2. The van der Waals surface area contributed by atoms with Crippen molar-refractivity contribution >= 4 is 7.07 Å². The molecule has 0 N–H and O–H groups in total.